The van der Waals surface area contributed by atoms with Gasteiger partial charge in [-0.05, 0) is 43.5 Å². The van der Waals surface area contributed by atoms with Crippen LogP contribution in [0.2, 0.25) is 0 Å². The molecule has 0 saturated carbocycles. The number of aryl methyl sites for hydroxylation is 2. The molecule has 1 aromatic rings. The average molecular weight is 220 g/mol. The molecule has 90 valence electrons. The van der Waals surface area contributed by atoms with Crippen molar-refractivity contribution in [3.8, 4) is 0 Å². The van der Waals surface area contributed by atoms with Crippen molar-refractivity contribution in [2.45, 2.75) is 33.6 Å². The number of unbranched alkanes of at least 4 members (excludes halogenated alkanes) is 1. The first-order valence-electron chi connectivity index (χ1n) is 6.20. The summed E-state index contributed by atoms with van der Waals surface area (Å²) < 4.78 is 0. The van der Waals surface area contributed by atoms with Crippen molar-refractivity contribution in [3.63, 3.8) is 0 Å². The molecular weight excluding hydrogens is 196 g/mol. The molecule has 0 saturated heterocycles. The van der Waals surface area contributed by atoms with Gasteiger partial charge in [-0.1, -0.05) is 19.4 Å². The summed E-state index contributed by atoms with van der Waals surface area (Å²) in [5, 5.41) is 0. The zero-order valence-corrected chi connectivity index (χ0v) is 10.8. The predicted octanol–water partition coefficient (Wildman–Crippen LogP) is 2.87. The van der Waals surface area contributed by atoms with Gasteiger partial charge in [0, 0.05) is 25.3 Å². The Bertz CT molecular complexity index is 300. The molecule has 0 amide bonds. The number of benzene rings is 1. The van der Waals surface area contributed by atoms with E-state index in [0.717, 1.165) is 19.6 Å². The number of hydrogen-bond donors (Lipinski definition) is 1. The smallest absolute Gasteiger partial charge is 0.0371 e. The molecule has 0 atom stereocenters. The summed E-state index contributed by atoms with van der Waals surface area (Å²) in [6.45, 7) is 9.30. The highest BCUT2D eigenvalue weighted by Gasteiger charge is 2.05. The van der Waals surface area contributed by atoms with Crippen LogP contribution >= 0.6 is 0 Å². The Kier molecular flexibility index (Phi) is 5.33. The van der Waals surface area contributed by atoms with E-state index >= 15 is 0 Å². The van der Waals surface area contributed by atoms with E-state index in [1.807, 2.05) is 0 Å². The van der Waals surface area contributed by atoms with E-state index in [1.54, 1.807) is 0 Å². The van der Waals surface area contributed by atoms with E-state index < -0.39 is 0 Å². The molecule has 0 aliphatic heterocycles. The second-order valence-corrected chi connectivity index (χ2v) is 4.48. The third-order valence-corrected chi connectivity index (χ3v) is 2.75. The molecule has 2 nitrogen and oxygen atoms in total. The van der Waals surface area contributed by atoms with Crippen molar-refractivity contribution < 1.29 is 0 Å². The van der Waals surface area contributed by atoms with Crippen LogP contribution in [0.15, 0.2) is 18.2 Å². The maximum atomic E-state index is 5.67. The molecule has 0 aliphatic carbocycles. The van der Waals surface area contributed by atoms with Crippen LogP contribution in [0.4, 0.5) is 5.69 Å². The highest BCUT2D eigenvalue weighted by Crippen LogP contribution is 2.18. The Morgan fingerprint density at radius 2 is 1.69 bits per heavy atom. The summed E-state index contributed by atoms with van der Waals surface area (Å²) in [6.07, 6.45) is 2.46. The van der Waals surface area contributed by atoms with Gasteiger partial charge in [0.25, 0.3) is 0 Å². The van der Waals surface area contributed by atoms with E-state index in [2.05, 4.69) is 43.9 Å². The van der Waals surface area contributed by atoms with Gasteiger partial charge in [-0.25, -0.2) is 0 Å². The minimum absolute atomic E-state index is 0.719. The van der Waals surface area contributed by atoms with E-state index in [1.165, 1.54) is 29.7 Å². The van der Waals surface area contributed by atoms with Gasteiger partial charge in [0.05, 0.1) is 0 Å². The third kappa shape index (κ3) is 3.86. The lowest BCUT2D eigenvalue weighted by Crippen LogP contribution is -2.30. The van der Waals surface area contributed by atoms with Crippen LogP contribution in [0.25, 0.3) is 0 Å². The minimum atomic E-state index is 0.719. The van der Waals surface area contributed by atoms with Gasteiger partial charge in [0.15, 0.2) is 0 Å². The Morgan fingerprint density at radius 3 is 2.19 bits per heavy atom. The quantitative estimate of drug-likeness (QED) is 0.798. The first-order valence-corrected chi connectivity index (χ1v) is 6.20. The number of nitrogens with two attached hydrogens (primary N) is 1. The van der Waals surface area contributed by atoms with E-state index in [4.69, 9.17) is 5.73 Å². The average Bonchev–Trinajstić information content (AvgIpc) is 2.22. The van der Waals surface area contributed by atoms with Crippen molar-refractivity contribution in [2.24, 2.45) is 5.73 Å². The molecule has 0 bridgehead atoms. The summed E-state index contributed by atoms with van der Waals surface area (Å²) in [7, 11) is 0. The number of rotatable bonds is 6. The number of anilines is 1. The van der Waals surface area contributed by atoms with Gasteiger partial charge in [-0.3, -0.25) is 0 Å². The lowest BCUT2D eigenvalue weighted by Gasteiger charge is -2.25. The standard InChI is InChI=1S/C14H24N2/c1-4-5-7-16(8-6-15)14-10-12(2)9-13(3)11-14/h9-11H,4-8,15H2,1-3H3. The van der Waals surface area contributed by atoms with Gasteiger partial charge in [-0.15, -0.1) is 0 Å². The van der Waals surface area contributed by atoms with Crippen molar-refractivity contribution in [1.29, 1.82) is 0 Å². The van der Waals surface area contributed by atoms with Gasteiger partial charge in [0.2, 0.25) is 0 Å². The van der Waals surface area contributed by atoms with Gasteiger partial charge in [0.1, 0.15) is 0 Å². The number of nitrogens with zero attached hydrogens (tertiary/aromatic N) is 1. The summed E-state index contributed by atoms with van der Waals surface area (Å²) in [5.41, 5.74) is 9.64. The van der Waals surface area contributed by atoms with E-state index in [9.17, 15) is 0 Å². The zero-order valence-electron chi connectivity index (χ0n) is 10.8. The topological polar surface area (TPSA) is 29.3 Å². The fourth-order valence-electron chi connectivity index (χ4n) is 2.01. The SMILES string of the molecule is CCCCN(CCN)c1cc(C)cc(C)c1. The van der Waals surface area contributed by atoms with Crippen LogP contribution in [-0.4, -0.2) is 19.6 Å². The monoisotopic (exact) mass is 220 g/mol. The van der Waals surface area contributed by atoms with E-state index in [-0.39, 0.29) is 0 Å². The first kappa shape index (κ1) is 13.0. The van der Waals surface area contributed by atoms with Crippen LogP contribution in [0.3, 0.4) is 0 Å². The molecular formula is C14H24N2. The minimum Gasteiger partial charge on any atom is -0.370 e. The lowest BCUT2D eigenvalue weighted by atomic mass is 10.1. The normalized spacial score (nSPS) is 10.5. The zero-order chi connectivity index (χ0) is 12.0. The molecule has 0 spiro atoms. The van der Waals surface area contributed by atoms with Crippen molar-refractivity contribution in [2.75, 3.05) is 24.5 Å². The van der Waals surface area contributed by atoms with Crippen LogP contribution < -0.4 is 10.6 Å². The molecule has 2 heteroatoms. The molecule has 0 unspecified atom stereocenters. The highest BCUT2D eigenvalue weighted by atomic mass is 15.1. The van der Waals surface area contributed by atoms with Crippen molar-refractivity contribution in [3.05, 3.63) is 29.3 Å². The first-order chi connectivity index (χ1) is 7.67. The molecule has 2 N–H and O–H groups in total. The van der Waals surface area contributed by atoms with Gasteiger partial charge >= 0.3 is 0 Å². The Hall–Kier alpha value is -1.02. The second-order valence-electron chi connectivity index (χ2n) is 4.48. The maximum absolute atomic E-state index is 5.67. The van der Waals surface area contributed by atoms with Crippen LogP contribution in [-0.2, 0) is 0 Å². The van der Waals surface area contributed by atoms with Crippen molar-refractivity contribution >= 4 is 5.69 Å². The molecule has 1 aromatic carbocycles. The van der Waals surface area contributed by atoms with Crippen LogP contribution in [0.1, 0.15) is 30.9 Å². The number of hydrogen-bond acceptors (Lipinski definition) is 2. The van der Waals surface area contributed by atoms with Gasteiger partial charge < -0.3 is 10.6 Å². The summed E-state index contributed by atoms with van der Waals surface area (Å²) in [6, 6.07) is 6.71. The Balaban J connectivity index is 2.82. The molecule has 0 heterocycles. The molecule has 0 radical (unpaired) electrons. The largest absolute Gasteiger partial charge is 0.370 e. The Labute approximate surface area is 99.5 Å². The molecule has 1 rings (SSSR count). The molecule has 0 aliphatic rings. The van der Waals surface area contributed by atoms with E-state index in [0.29, 0.717) is 0 Å². The highest BCUT2D eigenvalue weighted by molar-refractivity contribution is 5.50. The second kappa shape index (κ2) is 6.54. The summed E-state index contributed by atoms with van der Waals surface area (Å²) in [5.74, 6) is 0. The fourth-order valence-corrected chi connectivity index (χ4v) is 2.01. The van der Waals surface area contributed by atoms with Crippen LogP contribution in [0.5, 0.6) is 0 Å². The lowest BCUT2D eigenvalue weighted by molar-refractivity contribution is 0.715. The molecule has 16 heavy (non-hydrogen) atoms. The molecule has 0 aromatic heterocycles. The van der Waals surface area contributed by atoms with Crippen LogP contribution in [0, 0.1) is 13.8 Å². The summed E-state index contributed by atoms with van der Waals surface area (Å²) >= 11 is 0. The van der Waals surface area contributed by atoms with Gasteiger partial charge in [-0.2, -0.15) is 0 Å². The molecule has 0 fully saturated rings. The fraction of sp³-hybridized carbons (Fsp3) is 0.571. The maximum Gasteiger partial charge on any atom is 0.0371 e. The summed E-state index contributed by atoms with van der Waals surface area (Å²) in [4.78, 5) is 2.39. The predicted molar refractivity (Wildman–Crippen MR) is 72.1 cm³/mol. The van der Waals surface area contributed by atoms with Crippen molar-refractivity contribution in [1.82, 2.24) is 0 Å². The Morgan fingerprint density at radius 1 is 1.06 bits per heavy atom. The third-order valence-electron chi connectivity index (χ3n) is 2.75.